The first-order valence-electron chi connectivity index (χ1n) is 20.4. The summed E-state index contributed by atoms with van der Waals surface area (Å²) in [7, 11) is 0. The van der Waals surface area contributed by atoms with Crippen molar-refractivity contribution in [1.29, 1.82) is 0 Å². The number of nitrogens with one attached hydrogen (secondary N) is 1. The number of aliphatic hydroxyl groups excluding tert-OH is 2. The van der Waals surface area contributed by atoms with Crippen LogP contribution in [-0.4, -0.2) is 47.4 Å². The van der Waals surface area contributed by atoms with Gasteiger partial charge in [0.2, 0.25) is 5.91 Å². The summed E-state index contributed by atoms with van der Waals surface area (Å²) >= 11 is 0. The number of esters is 1. The summed E-state index contributed by atoms with van der Waals surface area (Å²) in [5.41, 5.74) is 0. The zero-order valence-electron chi connectivity index (χ0n) is 31.3. The van der Waals surface area contributed by atoms with Gasteiger partial charge in [-0.2, -0.15) is 0 Å². The summed E-state index contributed by atoms with van der Waals surface area (Å²) in [4.78, 5) is 24.2. The molecule has 47 heavy (non-hydrogen) atoms. The maximum absolute atomic E-state index is 12.3. The molecule has 0 radical (unpaired) electrons. The smallest absolute Gasteiger partial charge is 0.305 e. The number of allylic oxidation sites excluding steroid dienone is 2. The van der Waals surface area contributed by atoms with E-state index in [1.54, 1.807) is 0 Å². The lowest BCUT2D eigenvalue weighted by molar-refractivity contribution is -0.143. The summed E-state index contributed by atoms with van der Waals surface area (Å²) < 4.78 is 5.41. The van der Waals surface area contributed by atoms with E-state index < -0.39 is 12.1 Å². The molecule has 0 aliphatic heterocycles. The van der Waals surface area contributed by atoms with Gasteiger partial charge in [-0.1, -0.05) is 167 Å². The molecule has 1 amide bonds. The van der Waals surface area contributed by atoms with E-state index in [2.05, 4.69) is 31.3 Å². The van der Waals surface area contributed by atoms with Crippen LogP contribution in [0.15, 0.2) is 12.2 Å². The largest absolute Gasteiger partial charge is 0.466 e. The van der Waals surface area contributed by atoms with E-state index >= 15 is 0 Å². The lowest BCUT2D eigenvalue weighted by Gasteiger charge is -2.22. The number of rotatable bonds is 37. The number of carbonyl (C=O) groups is 2. The van der Waals surface area contributed by atoms with Gasteiger partial charge in [-0.15, -0.1) is 0 Å². The van der Waals surface area contributed by atoms with E-state index in [0.29, 0.717) is 25.9 Å². The maximum atomic E-state index is 12.3. The third kappa shape index (κ3) is 34.3. The van der Waals surface area contributed by atoms with Crippen LogP contribution in [-0.2, 0) is 14.3 Å². The average molecular weight is 666 g/mol. The molecule has 6 nitrogen and oxygen atoms in total. The molecule has 3 N–H and O–H groups in total. The highest BCUT2D eigenvalue weighted by molar-refractivity contribution is 5.76. The molecule has 0 heterocycles. The van der Waals surface area contributed by atoms with E-state index in [4.69, 9.17) is 4.74 Å². The highest BCUT2D eigenvalue weighted by atomic mass is 16.5. The van der Waals surface area contributed by atoms with Crippen LogP contribution < -0.4 is 5.32 Å². The van der Waals surface area contributed by atoms with Gasteiger partial charge in [-0.25, -0.2) is 0 Å². The van der Waals surface area contributed by atoms with Crippen molar-refractivity contribution in [1.82, 2.24) is 5.32 Å². The van der Waals surface area contributed by atoms with Crippen LogP contribution in [0, 0.1) is 0 Å². The van der Waals surface area contributed by atoms with Gasteiger partial charge in [0.05, 0.1) is 25.4 Å². The lowest BCUT2D eigenvalue weighted by atomic mass is 10.0. The Morgan fingerprint density at radius 1 is 0.574 bits per heavy atom. The van der Waals surface area contributed by atoms with Gasteiger partial charge in [-0.05, 0) is 44.9 Å². The second kappa shape index (κ2) is 37.4. The third-order valence-corrected chi connectivity index (χ3v) is 9.31. The Morgan fingerprint density at radius 3 is 1.55 bits per heavy atom. The Kier molecular flexibility index (Phi) is 36.3. The maximum Gasteiger partial charge on any atom is 0.305 e. The second-order valence-corrected chi connectivity index (χ2v) is 14.0. The molecule has 0 rings (SSSR count). The Hall–Kier alpha value is -1.40. The van der Waals surface area contributed by atoms with Crippen LogP contribution in [0.2, 0.25) is 0 Å². The molecule has 278 valence electrons. The van der Waals surface area contributed by atoms with E-state index in [9.17, 15) is 19.8 Å². The van der Waals surface area contributed by atoms with Gasteiger partial charge >= 0.3 is 5.97 Å². The predicted molar refractivity (Wildman–Crippen MR) is 200 cm³/mol. The minimum Gasteiger partial charge on any atom is -0.466 e. The van der Waals surface area contributed by atoms with Crippen molar-refractivity contribution in [3.05, 3.63) is 12.2 Å². The quantitative estimate of drug-likeness (QED) is 0.0349. The molecule has 0 spiro atoms. The van der Waals surface area contributed by atoms with Crippen molar-refractivity contribution in [2.45, 2.75) is 225 Å². The topological polar surface area (TPSA) is 95.9 Å². The number of hydrogen-bond donors (Lipinski definition) is 3. The van der Waals surface area contributed by atoms with Crippen molar-refractivity contribution in [2.24, 2.45) is 0 Å². The van der Waals surface area contributed by atoms with Gasteiger partial charge in [0.25, 0.3) is 0 Å². The van der Waals surface area contributed by atoms with Crippen molar-refractivity contribution in [3.63, 3.8) is 0 Å². The Balaban J connectivity index is 3.55. The molecule has 2 unspecified atom stereocenters. The predicted octanol–water partition coefficient (Wildman–Crippen LogP) is 11.1. The molecule has 0 aromatic carbocycles. The number of amides is 1. The number of carbonyl (C=O) groups excluding carboxylic acids is 2. The molecule has 0 aromatic heterocycles. The molecule has 0 aliphatic rings. The van der Waals surface area contributed by atoms with E-state index in [1.807, 2.05) is 0 Å². The van der Waals surface area contributed by atoms with Crippen LogP contribution in [0.25, 0.3) is 0 Å². The molecule has 0 bridgehead atoms. The number of ether oxygens (including phenoxy) is 1. The first kappa shape index (κ1) is 45.6. The second-order valence-electron chi connectivity index (χ2n) is 14.0. The average Bonchev–Trinajstić information content (AvgIpc) is 3.07. The van der Waals surface area contributed by atoms with E-state index in [-0.39, 0.29) is 18.5 Å². The Labute approximate surface area is 291 Å². The van der Waals surface area contributed by atoms with Crippen molar-refractivity contribution in [3.8, 4) is 0 Å². The molecule has 0 saturated carbocycles. The lowest BCUT2D eigenvalue weighted by Crippen LogP contribution is -2.45. The molecular weight excluding hydrogens is 586 g/mol. The summed E-state index contributed by atoms with van der Waals surface area (Å²) in [5.74, 6) is -0.135. The first-order valence-corrected chi connectivity index (χ1v) is 20.4. The highest BCUT2D eigenvalue weighted by Crippen LogP contribution is 2.14. The minimum atomic E-state index is -0.690. The molecule has 6 heteroatoms. The fraction of sp³-hybridized carbons (Fsp3) is 0.902. The van der Waals surface area contributed by atoms with Crippen molar-refractivity contribution < 1.29 is 24.5 Å². The standard InChI is InChI=1S/C41H79NO5/c1-3-5-7-9-11-13-14-15-19-23-27-31-35-41(46)47-36-32-28-24-20-16-18-22-26-30-34-40(45)42-38(37-43)39(44)33-29-25-21-17-12-10-8-6-4-2/h18,22,38-39,43-44H,3-17,19-21,23-37H2,1-2H3,(H,42,45)/b22-18-. The number of unbranched alkanes of at least 4 members (excludes halogenated alkanes) is 24. The van der Waals surface area contributed by atoms with Crippen molar-refractivity contribution >= 4 is 11.9 Å². The third-order valence-electron chi connectivity index (χ3n) is 9.31. The summed E-state index contributed by atoms with van der Waals surface area (Å²) in [5, 5.41) is 22.9. The Morgan fingerprint density at radius 2 is 1.02 bits per heavy atom. The van der Waals surface area contributed by atoms with Crippen LogP contribution in [0.4, 0.5) is 0 Å². The molecule has 0 saturated heterocycles. The normalized spacial score (nSPS) is 12.9. The fourth-order valence-electron chi connectivity index (χ4n) is 6.11. The SMILES string of the molecule is CCCCCCCCCCCCCCC(=O)OCCCCCC/C=C\CCCC(=O)NC(CO)C(O)CCCCCCCCCCC. The van der Waals surface area contributed by atoms with Gasteiger partial charge < -0.3 is 20.3 Å². The van der Waals surface area contributed by atoms with Crippen LogP contribution in [0.1, 0.15) is 213 Å². The summed E-state index contributed by atoms with van der Waals surface area (Å²) in [6.45, 7) is 4.82. The molecular formula is C41H79NO5. The van der Waals surface area contributed by atoms with E-state index in [0.717, 1.165) is 70.6 Å². The minimum absolute atomic E-state index is 0.0363. The van der Waals surface area contributed by atoms with Crippen LogP contribution in [0.3, 0.4) is 0 Å². The van der Waals surface area contributed by atoms with Crippen molar-refractivity contribution in [2.75, 3.05) is 13.2 Å². The first-order chi connectivity index (χ1) is 23.0. The number of aliphatic hydroxyl groups is 2. The zero-order chi connectivity index (χ0) is 34.5. The fourth-order valence-corrected chi connectivity index (χ4v) is 6.11. The van der Waals surface area contributed by atoms with Crippen LogP contribution in [0.5, 0.6) is 0 Å². The van der Waals surface area contributed by atoms with E-state index in [1.165, 1.54) is 109 Å². The summed E-state index contributed by atoms with van der Waals surface area (Å²) in [6.07, 6.45) is 38.8. The molecule has 0 aromatic rings. The van der Waals surface area contributed by atoms with Gasteiger partial charge in [0, 0.05) is 12.8 Å². The molecule has 0 aliphatic carbocycles. The molecule has 0 fully saturated rings. The Bertz CT molecular complexity index is 697. The van der Waals surface area contributed by atoms with Gasteiger partial charge in [0.15, 0.2) is 0 Å². The monoisotopic (exact) mass is 666 g/mol. The van der Waals surface area contributed by atoms with Crippen LogP contribution >= 0.6 is 0 Å². The number of hydrogen-bond acceptors (Lipinski definition) is 5. The zero-order valence-corrected chi connectivity index (χ0v) is 31.3. The highest BCUT2D eigenvalue weighted by Gasteiger charge is 2.19. The van der Waals surface area contributed by atoms with Gasteiger partial charge in [0.1, 0.15) is 0 Å². The van der Waals surface area contributed by atoms with Gasteiger partial charge in [-0.3, -0.25) is 9.59 Å². The molecule has 2 atom stereocenters. The summed E-state index contributed by atoms with van der Waals surface area (Å²) in [6, 6.07) is -0.574.